The zero-order chi connectivity index (χ0) is 11.5. The van der Waals surface area contributed by atoms with E-state index < -0.39 is 0 Å². The largest absolute Gasteiger partial charge is 0.384 e. The number of rotatable bonds is 2. The number of nitrogen functional groups attached to an aromatic ring is 1. The van der Waals surface area contributed by atoms with Gasteiger partial charge in [-0.3, -0.25) is 0 Å². The van der Waals surface area contributed by atoms with E-state index in [1.54, 1.807) is 6.07 Å². The van der Waals surface area contributed by atoms with Gasteiger partial charge >= 0.3 is 0 Å². The number of nitrogens with two attached hydrogens (primary N) is 1. The van der Waals surface area contributed by atoms with Crippen molar-refractivity contribution >= 4 is 39.9 Å². The molecule has 3 N–H and O–H groups in total. The van der Waals surface area contributed by atoms with Crippen molar-refractivity contribution in [3.05, 3.63) is 39.7 Å². The SMILES string of the molecule is Cc1nc(N)cc(Nc2ccc(I)cc2)n1. The van der Waals surface area contributed by atoms with Crippen molar-refractivity contribution in [2.45, 2.75) is 6.92 Å². The Balaban J connectivity index is 2.23. The van der Waals surface area contributed by atoms with Crippen molar-refractivity contribution in [2.24, 2.45) is 0 Å². The van der Waals surface area contributed by atoms with Gasteiger partial charge in [-0.2, -0.15) is 0 Å². The molecule has 0 spiro atoms. The summed E-state index contributed by atoms with van der Waals surface area (Å²) in [4.78, 5) is 8.26. The van der Waals surface area contributed by atoms with Crippen LogP contribution in [0.15, 0.2) is 30.3 Å². The fourth-order valence-electron chi connectivity index (χ4n) is 1.34. The van der Waals surface area contributed by atoms with Crippen LogP contribution in [0.3, 0.4) is 0 Å². The minimum absolute atomic E-state index is 0.473. The fourth-order valence-corrected chi connectivity index (χ4v) is 1.70. The second-order valence-corrected chi connectivity index (χ2v) is 4.60. The van der Waals surface area contributed by atoms with E-state index in [9.17, 15) is 0 Å². The zero-order valence-electron chi connectivity index (χ0n) is 8.74. The number of aryl methyl sites for hydroxylation is 1. The smallest absolute Gasteiger partial charge is 0.136 e. The molecule has 0 unspecified atom stereocenters. The summed E-state index contributed by atoms with van der Waals surface area (Å²) in [5.41, 5.74) is 6.63. The third-order valence-corrected chi connectivity index (χ3v) is 2.69. The number of anilines is 3. The first-order valence-electron chi connectivity index (χ1n) is 4.77. The molecule has 0 aliphatic heterocycles. The standard InChI is InChI=1S/C11H11IN4/c1-7-14-10(13)6-11(15-7)16-9-4-2-8(12)3-5-9/h2-6H,1H3,(H3,13,14,15,16). The second kappa shape index (κ2) is 4.65. The van der Waals surface area contributed by atoms with Crippen LogP contribution in [0.1, 0.15) is 5.82 Å². The van der Waals surface area contributed by atoms with Crippen molar-refractivity contribution in [1.82, 2.24) is 9.97 Å². The molecule has 0 aliphatic carbocycles. The second-order valence-electron chi connectivity index (χ2n) is 3.36. The van der Waals surface area contributed by atoms with Gasteiger partial charge in [-0.15, -0.1) is 0 Å². The molecule has 0 fully saturated rings. The highest BCUT2D eigenvalue weighted by atomic mass is 127. The lowest BCUT2D eigenvalue weighted by Crippen LogP contribution is -2.00. The van der Waals surface area contributed by atoms with Crippen LogP contribution in [0.25, 0.3) is 0 Å². The number of hydrogen-bond donors (Lipinski definition) is 2. The van der Waals surface area contributed by atoms with Gasteiger partial charge in [0.1, 0.15) is 17.5 Å². The predicted molar refractivity (Wildman–Crippen MR) is 73.6 cm³/mol. The Bertz CT molecular complexity index is 476. The molecule has 16 heavy (non-hydrogen) atoms. The maximum atomic E-state index is 5.64. The molecular formula is C11H11IN4. The van der Waals surface area contributed by atoms with E-state index in [-0.39, 0.29) is 0 Å². The van der Waals surface area contributed by atoms with Gasteiger partial charge in [-0.05, 0) is 53.8 Å². The van der Waals surface area contributed by atoms with Crippen molar-refractivity contribution in [3.63, 3.8) is 0 Å². The Morgan fingerprint density at radius 2 is 1.88 bits per heavy atom. The van der Waals surface area contributed by atoms with E-state index in [1.807, 2.05) is 31.2 Å². The number of halogens is 1. The van der Waals surface area contributed by atoms with Crippen molar-refractivity contribution in [2.75, 3.05) is 11.1 Å². The van der Waals surface area contributed by atoms with E-state index >= 15 is 0 Å². The zero-order valence-corrected chi connectivity index (χ0v) is 10.9. The highest BCUT2D eigenvalue weighted by molar-refractivity contribution is 14.1. The Labute approximate surface area is 107 Å². The van der Waals surface area contributed by atoms with Gasteiger partial charge in [0, 0.05) is 15.3 Å². The first-order valence-corrected chi connectivity index (χ1v) is 5.85. The van der Waals surface area contributed by atoms with Gasteiger partial charge in [0.05, 0.1) is 0 Å². The number of aromatic nitrogens is 2. The van der Waals surface area contributed by atoms with Crippen LogP contribution in [0.5, 0.6) is 0 Å². The van der Waals surface area contributed by atoms with Crippen LogP contribution >= 0.6 is 22.6 Å². The van der Waals surface area contributed by atoms with Crippen LogP contribution < -0.4 is 11.1 Å². The first-order chi connectivity index (χ1) is 7.63. The molecule has 5 heteroatoms. The molecule has 2 aromatic rings. The molecule has 1 heterocycles. The van der Waals surface area contributed by atoms with Crippen LogP contribution in [-0.4, -0.2) is 9.97 Å². The minimum atomic E-state index is 0.473. The summed E-state index contributed by atoms with van der Waals surface area (Å²) >= 11 is 2.26. The topological polar surface area (TPSA) is 63.8 Å². The lowest BCUT2D eigenvalue weighted by molar-refractivity contribution is 1.06. The van der Waals surface area contributed by atoms with Crippen molar-refractivity contribution in [1.29, 1.82) is 0 Å². The predicted octanol–water partition coefficient (Wildman–Crippen LogP) is 2.72. The number of benzene rings is 1. The first kappa shape index (κ1) is 11.1. The van der Waals surface area contributed by atoms with Crippen molar-refractivity contribution < 1.29 is 0 Å². The summed E-state index contributed by atoms with van der Waals surface area (Å²) < 4.78 is 1.20. The summed E-state index contributed by atoms with van der Waals surface area (Å²) in [6.45, 7) is 1.81. The molecule has 0 saturated heterocycles. The molecule has 1 aromatic carbocycles. The molecule has 1 aromatic heterocycles. The van der Waals surface area contributed by atoms with Crippen LogP contribution in [0.4, 0.5) is 17.3 Å². The summed E-state index contributed by atoms with van der Waals surface area (Å²) in [6, 6.07) is 9.76. The molecular weight excluding hydrogens is 315 g/mol. The number of nitrogens with one attached hydrogen (secondary N) is 1. The van der Waals surface area contributed by atoms with E-state index in [1.165, 1.54) is 3.57 Å². The average molecular weight is 326 g/mol. The minimum Gasteiger partial charge on any atom is -0.384 e. The van der Waals surface area contributed by atoms with Crippen LogP contribution in [-0.2, 0) is 0 Å². The third kappa shape index (κ3) is 2.82. The Morgan fingerprint density at radius 3 is 2.50 bits per heavy atom. The van der Waals surface area contributed by atoms with Gasteiger partial charge in [-0.1, -0.05) is 0 Å². The van der Waals surface area contributed by atoms with Crippen LogP contribution in [0.2, 0.25) is 0 Å². The molecule has 4 nitrogen and oxygen atoms in total. The normalized spacial score (nSPS) is 10.1. The highest BCUT2D eigenvalue weighted by Gasteiger charge is 1.99. The third-order valence-electron chi connectivity index (χ3n) is 1.97. The molecule has 2 rings (SSSR count). The Hall–Kier alpha value is -1.37. The average Bonchev–Trinajstić information content (AvgIpc) is 2.20. The van der Waals surface area contributed by atoms with Gasteiger partial charge in [0.2, 0.25) is 0 Å². The monoisotopic (exact) mass is 326 g/mol. The summed E-state index contributed by atoms with van der Waals surface area (Å²) in [7, 11) is 0. The van der Waals surface area contributed by atoms with Gasteiger partial charge < -0.3 is 11.1 Å². The molecule has 0 atom stereocenters. The molecule has 0 radical (unpaired) electrons. The molecule has 0 bridgehead atoms. The van der Waals surface area contributed by atoms with Crippen LogP contribution in [0, 0.1) is 10.5 Å². The summed E-state index contributed by atoms with van der Waals surface area (Å²) in [5.74, 6) is 1.85. The lowest BCUT2D eigenvalue weighted by atomic mass is 10.3. The molecule has 0 amide bonds. The lowest BCUT2D eigenvalue weighted by Gasteiger charge is -2.06. The number of hydrogen-bond acceptors (Lipinski definition) is 4. The van der Waals surface area contributed by atoms with E-state index in [4.69, 9.17) is 5.73 Å². The van der Waals surface area contributed by atoms with Gasteiger partial charge in [-0.25, -0.2) is 9.97 Å². The highest BCUT2D eigenvalue weighted by Crippen LogP contribution is 2.17. The van der Waals surface area contributed by atoms with E-state index in [0.29, 0.717) is 17.5 Å². The summed E-state index contributed by atoms with van der Waals surface area (Å²) in [6.07, 6.45) is 0. The number of nitrogens with zero attached hydrogens (tertiary/aromatic N) is 2. The fraction of sp³-hybridized carbons (Fsp3) is 0.0909. The van der Waals surface area contributed by atoms with Gasteiger partial charge in [0.15, 0.2) is 0 Å². The molecule has 0 aliphatic rings. The quantitative estimate of drug-likeness (QED) is 0.833. The maximum absolute atomic E-state index is 5.64. The van der Waals surface area contributed by atoms with E-state index in [0.717, 1.165) is 5.69 Å². The Kier molecular flexibility index (Phi) is 3.23. The summed E-state index contributed by atoms with van der Waals surface area (Å²) in [5, 5.41) is 3.18. The van der Waals surface area contributed by atoms with E-state index in [2.05, 4.69) is 37.9 Å². The molecule has 82 valence electrons. The Morgan fingerprint density at radius 1 is 1.19 bits per heavy atom. The molecule has 0 saturated carbocycles. The van der Waals surface area contributed by atoms with Gasteiger partial charge in [0.25, 0.3) is 0 Å². The maximum Gasteiger partial charge on any atom is 0.136 e. The van der Waals surface area contributed by atoms with Crippen molar-refractivity contribution in [3.8, 4) is 0 Å².